The molecule has 0 saturated carbocycles. The number of hydrogen-bond acceptors (Lipinski definition) is 4. The maximum atomic E-state index is 6.15. The summed E-state index contributed by atoms with van der Waals surface area (Å²) in [5.74, 6) is 0.821. The highest BCUT2D eigenvalue weighted by atomic mass is 32.1. The van der Waals surface area contributed by atoms with Gasteiger partial charge in [0, 0.05) is 11.1 Å². The normalized spacial score (nSPS) is 12.4. The van der Waals surface area contributed by atoms with E-state index in [1.165, 1.54) is 4.88 Å². The molecule has 84 valence electrons. The number of rotatable bonds is 3. The number of nitrogens with zero attached hydrogens (tertiary/aromatic N) is 1. The summed E-state index contributed by atoms with van der Waals surface area (Å²) in [6, 6.07) is 7.61. The van der Waals surface area contributed by atoms with Crippen molar-refractivity contribution in [1.29, 1.82) is 0 Å². The minimum absolute atomic E-state index is 0.172. The van der Waals surface area contributed by atoms with E-state index in [4.69, 9.17) is 10.5 Å². The van der Waals surface area contributed by atoms with Gasteiger partial charge in [0.15, 0.2) is 0 Å². The third-order valence-electron chi connectivity index (χ3n) is 2.36. The SMILES string of the molecule is COc1cccc(C(N)c2ncc(C)s2)c1. The summed E-state index contributed by atoms with van der Waals surface area (Å²) in [5, 5.41) is 0.936. The molecular formula is C12H14N2OS. The van der Waals surface area contributed by atoms with Gasteiger partial charge in [-0.25, -0.2) is 4.98 Å². The summed E-state index contributed by atoms with van der Waals surface area (Å²) < 4.78 is 5.17. The van der Waals surface area contributed by atoms with E-state index >= 15 is 0 Å². The lowest BCUT2D eigenvalue weighted by molar-refractivity contribution is 0.414. The molecule has 1 aromatic heterocycles. The molecule has 2 N–H and O–H groups in total. The minimum Gasteiger partial charge on any atom is -0.497 e. The van der Waals surface area contributed by atoms with Gasteiger partial charge in [-0.15, -0.1) is 11.3 Å². The van der Waals surface area contributed by atoms with Crippen molar-refractivity contribution in [3.63, 3.8) is 0 Å². The van der Waals surface area contributed by atoms with Crippen molar-refractivity contribution in [1.82, 2.24) is 4.98 Å². The standard InChI is InChI=1S/C12H14N2OS/c1-8-7-14-12(16-8)11(13)9-4-3-5-10(6-9)15-2/h3-7,11H,13H2,1-2H3. The highest BCUT2D eigenvalue weighted by Gasteiger charge is 2.12. The number of hydrogen-bond donors (Lipinski definition) is 1. The fraction of sp³-hybridized carbons (Fsp3) is 0.250. The van der Waals surface area contributed by atoms with Crippen LogP contribution in [0, 0.1) is 6.92 Å². The van der Waals surface area contributed by atoms with E-state index in [2.05, 4.69) is 4.98 Å². The molecular weight excluding hydrogens is 220 g/mol. The fourth-order valence-electron chi connectivity index (χ4n) is 1.49. The number of ether oxygens (including phenoxy) is 1. The topological polar surface area (TPSA) is 48.1 Å². The second-order valence-corrected chi connectivity index (χ2v) is 4.83. The monoisotopic (exact) mass is 234 g/mol. The first-order valence-corrected chi connectivity index (χ1v) is 5.84. The van der Waals surface area contributed by atoms with Crippen molar-refractivity contribution >= 4 is 11.3 Å². The zero-order valence-corrected chi connectivity index (χ0v) is 10.1. The predicted molar refractivity (Wildman–Crippen MR) is 65.9 cm³/mol. The molecule has 2 rings (SSSR count). The van der Waals surface area contributed by atoms with Crippen LogP contribution in [0.1, 0.15) is 21.5 Å². The number of nitrogens with two attached hydrogens (primary N) is 1. The Morgan fingerprint density at radius 2 is 2.25 bits per heavy atom. The van der Waals surface area contributed by atoms with Gasteiger partial charge in [-0.05, 0) is 24.6 Å². The summed E-state index contributed by atoms with van der Waals surface area (Å²) >= 11 is 1.63. The smallest absolute Gasteiger partial charge is 0.119 e. The van der Waals surface area contributed by atoms with Crippen LogP contribution in [-0.2, 0) is 0 Å². The Kier molecular flexibility index (Phi) is 3.22. The van der Waals surface area contributed by atoms with E-state index in [9.17, 15) is 0 Å². The molecule has 4 heteroatoms. The van der Waals surface area contributed by atoms with Gasteiger partial charge in [-0.2, -0.15) is 0 Å². The van der Waals surface area contributed by atoms with Crippen LogP contribution in [0.4, 0.5) is 0 Å². The van der Waals surface area contributed by atoms with Crippen molar-refractivity contribution in [2.24, 2.45) is 5.73 Å². The lowest BCUT2D eigenvalue weighted by Crippen LogP contribution is -2.11. The maximum absolute atomic E-state index is 6.15. The Balaban J connectivity index is 2.29. The third kappa shape index (κ3) is 2.23. The molecule has 1 unspecified atom stereocenters. The molecule has 1 atom stereocenters. The number of benzene rings is 1. The molecule has 0 fully saturated rings. The molecule has 3 nitrogen and oxygen atoms in total. The Morgan fingerprint density at radius 1 is 1.44 bits per heavy atom. The predicted octanol–water partition coefficient (Wildman–Crippen LogP) is 2.51. The van der Waals surface area contributed by atoms with Crippen molar-refractivity contribution in [3.05, 3.63) is 45.9 Å². The van der Waals surface area contributed by atoms with Crippen LogP contribution in [0.5, 0.6) is 5.75 Å². The average Bonchev–Trinajstić information content (AvgIpc) is 2.75. The molecule has 0 bridgehead atoms. The minimum atomic E-state index is -0.172. The average molecular weight is 234 g/mol. The van der Waals surface area contributed by atoms with E-state index in [-0.39, 0.29) is 6.04 Å². The first kappa shape index (κ1) is 11.1. The molecule has 0 aliphatic heterocycles. The first-order valence-electron chi connectivity index (χ1n) is 5.02. The highest BCUT2D eigenvalue weighted by Crippen LogP contribution is 2.25. The second kappa shape index (κ2) is 4.63. The van der Waals surface area contributed by atoms with Crippen LogP contribution < -0.4 is 10.5 Å². The molecule has 2 aromatic rings. The van der Waals surface area contributed by atoms with Crippen LogP contribution in [0.15, 0.2) is 30.5 Å². The second-order valence-electron chi connectivity index (χ2n) is 3.56. The largest absolute Gasteiger partial charge is 0.497 e. The van der Waals surface area contributed by atoms with Crippen molar-refractivity contribution in [2.75, 3.05) is 7.11 Å². The van der Waals surface area contributed by atoms with Crippen LogP contribution in [0.2, 0.25) is 0 Å². The van der Waals surface area contributed by atoms with Gasteiger partial charge < -0.3 is 10.5 Å². The Hall–Kier alpha value is -1.39. The van der Waals surface area contributed by atoms with Crippen molar-refractivity contribution < 1.29 is 4.74 Å². The van der Waals surface area contributed by atoms with E-state index in [1.807, 2.05) is 37.4 Å². The van der Waals surface area contributed by atoms with Crippen LogP contribution in [0.3, 0.4) is 0 Å². The van der Waals surface area contributed by atoms with E-state index in [1.54, 1.807) is 18.4 Å². The molecule has 0 saturated heterocycles. The summed E-state index contributed by atoms with van der Waals surface area (Å²) in [7, 11) is 1.65. The highest BCUT2D eigenvalue weighted by molar-refractivity contribution is 7.11. The first-order chi connectivity index (χ1) is 7.70. The molecule has 16 heavy (non-hydrogen) atoms. The number of thiazole rings is 1. The molecule has 0 amide bonds. The van der Waals surface area contributed by atoms with E-state index < -0.39 is 0 Å². The van der Waals surface area contributed by atoms with Gasteiger partial charge in [0.05, 0.1) is 13.2 Å². The number of methoxy groups -OCH3 is 1. The molecule has 0 aliphatic carbocycles. The Bertz CT molecular complexity index is 481. The van der Waals surface area contributed by atoms with Crippen LogP contribution in [-0.4, -0.2) is 12.1 Å². The lowest BCUT2D eigenvalue weighted by atomic mass is 10.1. The lowest BCUT2D eigenvalue weighted by Gasteiger charge is -2.10. The van der Waals surface area contributed by atoms with Crippen molar-refractivity contribution in [3.8, 4) is 5.75 Å². The van der Waals surface area contributed by atoms with Gasteiger partial charge in [0.2, 0.25) is 0 Å². The molecule has 0 spiro atoms. The van der Waals surface area contributed by atoms with Gasteiger partial charge in [-0.1, -0.05) is 12.1 Å². The van der Waals surface area contributed by atoms with E-state index in [0.717, 1.165) is 16.3 Å². The Morgan fingerprint density at radius 3 is 2.88 bits per heavy atom. The van der Waals surface area contributed by atoms with E-state index in [0.29, 0.717) is 0 Å². The summed E-state index contributed by atoms with van der Waals surface area (Å²) in [6.45, 7) is 2.03. The number of aromatic nitrogens is 1. The van der Waals surface area contributed by atoms with Gasteiger partial charge in [0.1, 0.15) is 10.8 Å². The third-order valence-corrected chi connectivity index (χ3v) is 3.35. The molecule has 0 aliphatic rings. The van der Waals surface area contributed by atoms with Gasteiger partial charge in [0.25, 0.3) is 0 Å². The summed E-state index contributed by atoms with van der Waals surface area (Å²) in [6.07, 6.45) is 1.85. The molecule has 0 radical (unpaired) electrons. The maximum Gasteiger partial charge on any atom is 0.119 e. The summed E-state index contributed by atoms with van der Waals surface area (Å²) in [4.78, 5) is 5.47. The summed E-state index contributed by atoms with van der Waals surface area (Å²) in [5.41, 5.74) is 7.17. The number of aryl methyl sites for hydroxylation is 1. The van der Waals surface area contributed by atoms with Crippen molar-refractivity contribution in [2.45, 2.75) is 13.0 Å². The Labute approximate surface area is 98.9 Å². The molecule has 1 heterocycles. The quantitative estimate of drug-likeness (QED) is 0.887. The zero-order chi connectivity index (χ0) is 11.5. The zero-order valence-electron chi connectivity index (χ0n) is 9.31. The fourth-order valence-corrected chi connectivity index (χ4v) is 2.30. The van der Waals surface area contributed by atoms with Gasteiger partial charge >= 0.3 is 0 Å². The van der Waals surface area contributed by atoms with Crippen LogP contribution in [0.25, 0.3) is 0 Å². The van der Waals surface area contributed by atoms with Gasteiger partial charge in [-0.3, -0.25) is 0 Å². The molecule has 1 aromatic carbocycles. The van der Waals surface area contributed by atoms with Crippen LogP contribution >= 0.6 is 11.3 Å².